The molecule has 0 aliphatic carbocycles. The highest BCUT2D eigenvalue weighted by atomic mass is 19.2. The van der Waals surface area contributed by atoms with Crippen molar-refractivity contribution in [3.8, 4) is 22.3 Å². The van der Waals surface area contributed by atoms with Crippen LogP contribution in [0.3, 0.4) is 0 Å². The molecule has 0 atom stereocenters. The summed E-state index contributed by atoms with van der Waals surface area (Å²) in [7, 11) is 0. The summed E-state index contributed by atoms with van der Waals surface area (Å²) in [5, 5.41) is 0. The summed E-state index contributed by atoms with van der Waals surface area (Å²) < 4.78 is 74.5. The molecule has 27 heavy (non-hydrogen) atoms. The second-order valence-electron chi connectivity index (χ2n) is 5.48. The Hall–Kier alpha value is -3.16. The van der Waals surface area contributed by atoms with Crippen molar-refractivity contribution in [2.45, 2.75) is 6.92 Å². The third-order valence-electron chi connectivity index (χ3n) is 3.90. The van der Waals surface area contributed by atoms with Crippen LogP contribution in [0.15, 0.2) is 36.5 Å². The van der Waals surface area contributed by atoms with Gasteiger partial charge in [-0.25, -0.2) is 26.7 Å². The molecule has 0 unspecified atom stereocenters. The van der Waals surface area contributed by atoms with Crippen molar-refractivity contribution in [3.63, 3.8) is 0 Å². The summed E-state index contributed by atoms with van der Waals surface area (Å²) in [4.78, 5) is 14.7. The van der Waals surface area contributed by atoms with E-state index in [0.717, 1.165) is 0 Å². The molecule has 140 valence electrons. The summed E-state index contributed by atoms with van der Waals surface area (Å²) in [6.45, 7) is 1.46. The molecule has 0 spiro atoms. The first-order valence-corrected chi connectivity index (χ1v) is 7.84. The molecule has 1 aromatic heterocycles. The maximum Gasteiger partial charge on any atom is 0.355 e. The monoisotopic (exact) mass is 381 g/mol. The fourth-order valence-electron chi connectivity index (χ4n) is 2.72. The van der Waals surface area contributed by atoms with Gasteiger partial charge in [0, 0.05) is 17.3 Å². The van der Waals surface area contributed by atoms with Crippen LogP contribution >= 0.6 is 0 Å². The largest absolute Gasteiger partial charge is 0.461 e. The summed E-state index contributed by atoms with van der Waals surface area (Å²) in [5.74, 6) is -11.5. The van der Waals surface area contributed by atoms with Crippen molar-refractivity contribution in [3.05, 3.63) is 71.3 Å². The van der Waals surface area contributed by atoms with Crippen LogP contribution in [0.5, 0.6) is 0 Å². The van der Waals surface area contributed by atoms with E-state index in [9.17, 15) is 26.7 Å². The first-order chi connectivity index (χ1) is 12.9. The third kappa shape index (κ3) is 3.07. The van der Waals surface area contributed by atoms with Gasteiger partial charge in [-0.05, 0) is 12.5 Å². The van der Waals surface area contributed by atoms with Crippen molar-refractivity contribution in [1.29, 1.82) is 0 Å². The van der Waals surface area contributed by atoms with Crippen LogP contribution in [0, 0.1) is 29.1 Å². The Balaban J connectivity index is 2.38. The van der Waals surface area contributed by atoms with Crippen molar-refractivity contribution < 1.29 is 31.5 Å². The predicted octanol–water partition coefficient (Wildman–Crippen LogP) is 5.22. The molecular weight excluding hydrogens is 369 g/mol. The van der Waals surface area contributed by atoms with Gasteiger partial charge in [0.25, 0.3) is 0 Å². The van der Waals surface area contributed by atoms with Crippen molar-refractivity contribution in [2.75, 3.05) is 6.61 Å². The number of aromatic nitrogens is 1. The van der Waals surface area contributed by atoms with Crippen molar-refractivity contribution >= 4 is 5.97 Å². The van der Waals surface area contributed by atoms with Gasteiger partial charge in [0.2, 0.25) is 5.82 Å². The van der Waals surface area contributed by atoms with Gasteiger partial charge in [0.05, 0.1) is 12.2 Å². The van der Waals surface area contributed by atoms with Crippen LogP contribution in [0.4, 0.5) is 22.0 Å². The van der Waals surface area contributed by atoms with Gasteiger partial charge >= 0.3 is 5.97 Å². The number of ether oxygens (including phenoxy) is 1. The van der Waals surface area contributed by atoms with E-state index in [1.807, 2.05) is 0 Å². The SMILES string of the molecule is CCOC(=O)c1[nH]cc(-c2ccccc2)c1-c1c(F)c(F)c(F)c(F)c1F. The van der Waals surface area contributed by atoms with Gasteiger partial charge in [-0.1, -0.05) is 30.3 Å². The fraction of sp³-hybridized carbons (Fsp3) is 0.105. The first-order valence-electron chi connectivity index (χ1n) is 7.84. The number of carbonyl (C=O) groups is 1. The molecule has 3 nitrogen and oxygen atoms in total. The number of carbonyl (C=O) groups excluding carboxylic acids is 1. The second kappa shape index (κ2) is 7.22. The summed E-state index contributed by atoms with van der Waals surface area (Å²) in [6, 6.07) is 8.05. The maximum absolute atomic E-state index is 14.4. The van der Waals surface area contributed by atoms with E-state index in [4.69, 9.17) is 4.74 Å². The molecule has 0 bridgehead atoms. The predicted molar refractivity (Wildman–Crippen MR) is 87.4 cm³/mol. The average molecular weight is 381 g/mol. The molecule has 0 radical (unpaired) electrons. The standard InChI is InChI=1S/C19H12F5NO2/c1-2-27-19(26)18-11(10(8-25-18)9-6-4-3-5-7-9)12-13(20)15(22)17(24)16(23)14(12)21/h3-8,25H,2H2,1H3. The minimum Gasteiger partial charge on any atom is -0.461 e. The van der Waals surface area contributed by atoms with Crippen LogP contribution in [-0.4, -0.2) is 17.6 Å². The zero-order chi connectivity index (χ0) is 19.7. The number of rotatable bonds is 4. The van der Waals surface area contributed by atoms with Gasteiger partial charge < -0.3 is 9.72 Å². The number of esters is 1. The number of H-pyrrole nitrogens is 1. The van der Waals surface area contributed by atoms with E-state index in [0.29, 0.717) is 5.56 Å². The van der Waals surface area contributed by atoms with Crippen molar-refractivity contribution in [2.24, 2.45) is 0 Å². The highest BCUT2D eigenvalue weighted by Crippen LogP contribution is 2.40. The van der Waals surface area contributed by atoms with E-state index in [2.05, 4.69) is 4.98 Å². The number of hydrogen-bond donors (Lipinski definition) is 1. The zero-order valence-electron chi connectivity index (χ0n) is 13.9. The number of benzene rings is 2. The Morgan fingerprint density at radius 1 is 0.889 bits per heavy atom. The Labute approximate surface area is 150 Å². The number of halogens is 5. The minimum atomic E-state index is -2.27. The molecular formula is C19H12F5NO2. The lowest BCUT2D eigenvalue weighted by molar-refractivity contribution is 0.0521. The molecule has 3 aromatic rings. The number of aromatic amines is 1. The van der Waals surface area contributed by atoms with Crippen LogP contribution in [0.1, 0.15) is 17.4 Å². The van der Waals surface area contributed by atoms with Crippen LogP contribution in [0.25, 0.3) is 22.3 Å². The van der Waals surface area contributed by atoms with Gasteiger partial charge in [0.1, 0.15) is 5.69 Å². The van der Waals surface area contributed by atoms with Crippen LogP contribution in [0.2, 0.25) is 0 Å². The Morgan fingerprint density at radius 3 is 2.00 bits per heavy atom. The lowest BCUT2D eigenvalue weighted by atomic mass is 9.95. The normalized spacial score (nSPS) is 10.9. The van der Waals surface area contributed by atoms with Gasteiger partial charge in [-0.3, -0.25) is 0 Å². The fourth-order valence-corrected chi connectivity index (χ4v) is 2.72. The van der Waals surface area contributed by atoms with Gasteiger partial charge in [0.15, 0.2) is 23.3 Å². The summed E-state index contributed by atoms with van der Waals surface area (Å²) in [6.07, 6.45) is 1.25. The topological polar surface area (TPSA) is 42.1 Å². The van der Waals surface area contributed by atoms with Crippen molar-refractivity contribution in [1.82, 2.24) is 4.98 Å². The molecule has 1 heterocycles. The highest BCUT2D eigenvalue weighted by molar-refractivity contribution is 6.01. The smallest absolute Gasteiger partial charge is 0.355 e. The van der Waals surface area contributed by atoms with E-state index in [1.165, 1.54) is 13.1 Å². The molecule has 0 saturated carbocycles. The summed E-state index contributed by atoms with van der Waals surface area (Å²) >= 11 is 0. The molecule has 0 saturated heterocycles. The summed E-state index contributed by atoms with van der Waals surface area (Å²) in [5.41, 5.74) is -1.59. The maximum atomic E-state index is 14.4. The zero-order valence-corrected chi connectivity index (χ0v) is 13.9. The van der Waals surface area contributed by atoms with Gasteiger partial charge in [-0.2, -0.15) is 0 Å². The Morgan fingerprint density at radius 2 is 1.44 bits per heavy atom. The third-order valence-corrected chi connectivity index (χ3v) is 3.90. The second-order valence-corrected chi connectivity index (χ2v) is 5.48. The molecule has 0 amide bonds. The molecule has 8 heteroatoms. The average Bonchev–Trinajstić information content (AvgIpc) is 3.11. The molecule has 3 rings (SSSR count). The first kappa shape index (κ1) is 18.6. The molecule has 0 aliphatic heterocycles. The van der Waals surface area contributed by atoms with E-state index in [-0.39, 0.29) is 12.2 Å². The number of hydrogen-bond acceptors (Lipinski definition) is 2. The minimum absolute atomic E-state index is 0.0466. The molecule has 0 aliphatic rings. The lowest BCUT2D eigenvalue weighted by Gasteiger charge is -2.12. The van der Waals surface area contributed by atoms with Crippen LogP contribution in [-0.2, 0) is 4.74 Å². The highest BCUT2D eigenvalue weighted by Gasteiger charge is 2.32. The number of nitrogens with one attached hydrogen (secondary N) is 1. The molecule has 0 fully saturated rings. The molecule has 2 aromatic carbocycles. The quantitative estimate of drug-likeness (QED) is 0.291. The van der Waals surface area contributed by atoms with Gasteiger partial charge in [-0.15, -0.1) is 0 Å². The molecule has 1 N–H and O–H groups in total. The van der Waals surface area contributed by atoms with E-state index in [1.54, 1.807) is 30.3 Å². The van der Waals surface area contributed by atoms with Crippen LogP contribution < -0.4 is 0 Å². The Bertz CT molecular complexity index is 986. The van der Waals surface area contributed by atoms with E-state index >= 15 is 0 Å². The Kier molecular flexibility index (Phi) is 4.98. The lowest BCUT2D eigenvalue weighted by Crippen LogP contribution is -2.10. The van der Waals surface area contributed by atoms with E-state index < -0.39 is 51.9 Å².